The molecule has 1 N–H and O–H groups in total. The Morgan fingerprint density at radius 3 is 2.42 bits per heavy atom. The summed E-state index contributed by atoms with van der Waals surface area (Å²) in [5.74, 6) is 0.892. The number of fused-ring (bicyclic) bond motifs is 2. The predicted octanol–water partition coefficient (Wildman–Crippen LogP) is 2.45. The van der Waals surface area contributed by atoms with Gasteiger partial charge in [-0.1, -0.05) is 6.07 Å². The zero-order valence-corrected chi connectivity index (χ0v) is 12.0. The highest BCUT2D eigenvalue weighted by Gasteiger charge is 2.46. The van der Waals surface area contributed by atoms with Gasteiger partial charge in [-0.3, -0.25) is 0 Å². The Balaban J connectivity index is 1.91. The van der Waals surface area contributed by atoms with E-state index in [0.29, 0.717) is 12.1 Å². The molecule has 2 aliphatic rings. The number of piperidine rings is 1. The zero-order valence-electron chi connectivity index (χ0n) is 12.0. The number of hydrogen-bond acceptors (Lipinski definition) is 3. The normalized spacial score (nSPS) is 34.5. The number of hydrogen-bond donors (Lipinski definition) is 1. The topological polar surface area (TPSA) is 32.7 Å². The minimum atomic E-state index is -0.657. The highest BCUT2D eigenvalue weighted by Crippen LogP contribution is 2.45. The van der Waals surface area contributed by atoms with E-state index in [-0.39, 0.29) is 0 Å². The summed E-state index contributed by atoms with van der Waals surface area (Å²) in [7, 11) is 3.88. The van der Waals surface area contributed by atoms with E-state index in [1.807, 2.05) is 19.1 Å². The quantitative estimate of drug-likeness (QED) is 0.887. The Labute approximate surface area is 115 Å². The van der Waals surface area contributed by atoms with Gasteiger partial charge < -0.3 is 14.7 Å². The molecule has 0 spiro atoms. The Morgan fingerprint density at radius 1 is 1.26 bits per heavy atom. The van der Waals surface area contributed by atoms with Crippen LogP contribution in [0.2, 0.25) is 0 Å². The number of aryl methyl sites for hydroxylation is 1. The van der Waals surface area contributed by atoms with Gasteiger partial charge >= 0.3 is 0 Å². The van der Waals surface area contributed by atoms with Gasteiger partial charge in [-0.2, -0.15) is 0 Å². The van der Waals surface area contributed by atoms with Gasteiger partial charge in [0.05, 0.1) is 12.7 Å². The van der Waals surface area contributed by atoms with Crippen LogP contribution in [0.1, 0.15) is 36.8 Å². The third-order valence-corrected chi connectivity index (χ3v) is 5.06. The minimum absolute atomic E-state index is 0.533. The van der Waals surface area contributed by atoms with Crippen LogP contribution in [0.25, 0.3) is 0 Å². The summed E-state index contributed by atoms with van der Waals surface area (Å²) in [6, 6.07) is 7.15. The summed E-state index contributed by atoms with van der Waals surface area (Å²) < 4.78 is 5.30. The molecule has 0 saturated carbocycles. The van der Waals surface area contributed by atoms with Gasteiger partial charge in [0.1, 0.15) is 5.75 Å². The molecule has 2 heterocycles. The van der Waals surface area contributed by atoms with Gasteiger partial charge in [0.25, 0.3) is 0 Å². The van der Waals surface area contributed by atoms with Gasteiger partial charge in [-0.05, 0) is 62.9 Å². The molecule has 0 radical (unpaired) electrons. The molecule has 2 atom stereocenters. The van der Waals surface area contributed by atoms with E-state index in [0.717, 1.165) is 29.7 Å². The van der Waals surface area contributed by atoms with Crippen molar-refractivity contribution in [2.75, 3.05) is 14.2 Å². The molecule has 1 aromatic rings. The fourth-order valence-corrected chi connectivity index (χ4v) is 3.85. The SMILES string of the molecule is COc1ccc(C2(O)CC3CCC(C2)N3C)cc1C. The first-order chi connectivity index (χ1) is 9.03. The zero-order chi connectivity index (χ0) is 13.6. The monoisotopic (exact) mass is 261 g/mol. The third kappa shape index (κ3) is 2.05. The van der Waals surface area contributed by atoms with Crippen molar-refractivity contribution in [3.8, 4) is 5.75 Å². The van der Waals surface area contributed by atoms with Gasteiger partial charge in [0, 0.05) is 12.1 Å². The first-order valence-corrected chi connectivity index (χ1v) is 7.13. The van der Waals surface area contributed by atoms with Crippen molar-refractivity contribution < 1.29 is 9.84 Å². The number of ether oxygens (including phenoxy) is 1. The van der Waals surface area contributed by atoms with Crippen molar-refractivity contribution in [2.45, 2.75) is 50.3 Å². The van der Waals surface area contributed by atoms with E-state index in [4.69, 9.17) is 4.74 Å². The molecular weight excluding hydrogens is 238 g/mol. The number of benzene rings is 1. The first-order valence-electron chi connectivity index (χ1n) is 7.13. The van der Waals surface area contributed by atoms with Crippen LogP contribution in [-0.2, 0) is 5.60 Å². The molecule has 19 heavy (non-hydrogen) atoms. The average molecular weight is 261 g/mol. The third-order valence-electron chi connectivity index (χ3n) is 5.06. The maximum absolute atomic E-state index is 11.1. The fraction of sp³-hybridized carbons (Fsp3) is 0.625. The molecule has 2 aliphatic heterocycles. The van der Waals surface area contributed by atoms with Gasteiger partial charge in [0.15, 0.2) is 0 Å². The predicted molar refractivity (Wildman–Crippen MR) is 75.4 cm³/mol. The summed E-state index contributed by atoms with van der Waals surface area (Å²) in [5.41, 5.74) is 1.49. The average Bonchev–Trinajstić information content (AvgIpc) is 2.63. The molecule has 3 heteroatoms. The number of rotatable bonds is 2. The van der Waals surface area contributed by atoms with Crippen LogP contribution < -0.4 is 4.74 Å². The van der Waals surface area contributed by atoms with Crippen molar-refractivity contribution >= 4 is 0 Å². The number of aliphatic hydroxyl groups is 1. The summed E-state index contributed by atoms with van der Waals surface area (Å²) in [5, 5.41) is 11.1. The Bertz CT molecular complexity index is 472. The van der Waals surface area contributed by atoms with Crippen LogP contribution >= 0.6 is 0 Å². The summed E-state index contributed by atoms with van der Waals surface area (Å²) in [4.78, 5) is 2.45. The molecule has 2 bridgehead atoms. The molecule has 3 rings (SSSR count). The first kappa shape index (κ1) is 12.9. The highest BCUT2D eigenvalue weighted by atomic mass is 16.5. The Morgan fingerprint density at radius 2 is 1.89 bits per heavy atom. The Kier molecular flexibility index (Phi) is 3.06. The molecule has 2 unspecified atom stereocenters. The van der Waals surface area contributed by atoms with E-state index >= 15 is 0 Å². The number of methoxy groups -OCH3 is 1. The van der Waals surface area contributed by atoms with Crippen LogP contribution in [0.4, 0.5) is 0 Å². The second kappa shape index (κ2) is 4.50. The van der Waals surface area contributed by atoms with Crippen molar-refractivity contribution in [3.63, 3.8) is 0 Å². The fourth-order valence-electron chi connectivity index (χ4n) is 3.85. The lowest BCUT2D eigenvalue weighted by atomic mass is 9.80. The molecule has 2 fully saturated rings. The smallest absolute Gasteiger partial charge is 0.121 e. The summed E-state index contributed by atoms with van der Waals surface area (Å²) >= 11 is 0. The molecule has 0 aliphatic carbocycles. The molecule has 2 saturated heterocycles. The van der Waals surface area contributed by atoms with Gasteiger partial charge in [-0.15, -0.1) is 0 Å². The summed E-state index contributed by atoms with van der Waals surface area (Å²) in [6.07, 6.45) is 4.15. The Hall–Kier alpha value is -1.06. The van der Waals surface area contributed by atoms with Crippen LogP contribution in [0, 0.1) is 6.92 Å². The van der Waals surface area contributed by atoms with Crippen LogP contribution in [0.15, 0.2) is 18.2 Å². The number of nitrogens with zero attached hydrogens (tertiary/aromatic N) is 1. The van der Waals surface area contributed by atoms with E-state index in [2.05, 4.69) is 18.0 Å². The largest absolute Gasteiger partial charge is 0.496 e. The molecule has 104 valence electrons. The van der Waals surface area contributed by atoms with Crippen LogP contribution in [0.5, 0.6) is 5.75 Å². The second-order valence-electron chi connectivity index (χ2n) is 6.17. The van der Waals surface area contributed by atoms with E-state index in [1.165, 1.54) is 12.8 Å². The maximum Gasteiger partial charge on any atom is 0.121 e. The standard InChI is InChI=1S/C16H23NO2/c1-11-8-12(4-7-15(11)19-3)16(18)9-13-5-6-14(10-16)17(13)2/h4,7-8,13-14,18H,5-6,9-10H2,1-3H3. The second-order valence-corrected chi connectivity index (χ2v) is 6.17. The van der Waals surface area contributed by atoms with Crippen molar-refractivity contribution in [1.29, 1.82) is 0 Å². The molecule has 0 aromatic heterocycles. The van der Waals surface area contributed by atoms with Crippen molar-refractivity contribution in [2.24, 2.45) is 0 Å². The maximum atomic E-state index is 11.1. The van der Waals surface area contributed by atoms with E-state index < -0.39 is 5.60 Å². The van der Waals surface area contributed by atoms with E-state index in [9.17, 15) is 5.11 Å². The van der Waals surface area contributed by atoms with Gasteiger partial charge in [-0.25, -0.2) is 0 Å². The summed E-state index contributed by atoms with van der Waals surface area (Å²) in [6.45, 7) is 2.04. The lowest BCUT2D eigenvalue weighted by Crippen LogP contribution is -2.47. The van der Waals surface area contributed by atoms with Gasteiger partial charge in [0.2, 0.25) is 0 Å². The van der Waals surface area contributed by atoms with Crippen LogP contribution in [-0.4, -0.2) is 36.2 Å². The van der Waals surface area contributed by atoms with Crippen molar-refractivity contribution in [3.05, 3.63) is 29.3 Å². The van der Waals surface area contributed by atoms with E-state index in [1.54, 1.807) is 7.11 Å². The molecular formula is C16H23NO2. The molecule has 0 amide bonds. The molecule has 3 nitrogen and oxygen atoms in total. The molecule has 1 aromatic carbocycles. The highest BCUT2D eigenvalue weighted by molar-refractivity contribution is 5.39. The lowest BCUT2D eigenvalue weighted by Gasteiger charge is -2.42. The van der Waals surface area contributed by atoms with Crippen molar-refractivity contribution in [1.82, 2.24) is 4.90 Å². The lowest BCUT2D eigenvalue weighted by molar-refractivity contribution is -0.0493. The van der Waals surface area contributed by atoms with Crippen LogP contribution in [0.3, 0.4) is 0 Å². The minimum Gasteiger partial charge on any atom is -0.496 e.